The van der Waals surface area contributed by atoms with Gasteiger partial charge < -0.3 is 10.6 Å². The molecule has 0 aliphatic carbocycles. The van der Waals surface area contributed by atoms with Gasteiger partial charge in [0.15, 0.2) is 0 Å². The summed E-state index contributed by atoms with van der Waals surface area (Å²) in [5.74, 6) is -3.57. The molecule has 1 aromatic heterocycles. The first-order chi connectivity index (χ1) is 11.2. The monoisotopic (exact) mass is 344 g/mol. The molecule has 24 heavy (non-hydrogen) atoms. The topological polar surface area (TPSA) is 76.0 Å². The Bertz CT molecular complexity index is 770. The minimum absolute atomic E-state index is 0.224. The first-order valence-corrected chi connectivity index (χ1v) is 6.72. The van der Waals surface area contributed by atoms with Crippen molar-refractivity contribution in [3.63, 3.8) is 0 Å². The number of rotatable bonds is 3. The van der Waals surface area contributed by atoms with Gasteiger partial charge in [-0.2, -0.15) is 18.3 Å². The molecule has 0 spiro atoms. The molecule has 0 unspecified atom stereocenters. The standard InChI is InChI=1S/C14H12F4N4O2/c1-2-22-7-9(6-19-22)20-12(23)13(24)21-11-5-8(14(16,17)18)3-4-10(11)15/h3-7H,2H2,1H3,(H,20,23)(H,21,24). The van der Waals surface area contributed by atoms with E-state index < -0.39 is 35.1 Å². The second-order valence-corrected chi connectivity index (χ2v) is 4.69. The Balaban J connectivity index is 2.09. The molecule has 0 fully saturated rings. The van der Waals surface area contributed by atoms with E-state index in [4.69, 9.17) is 0 Å². The molecule has 0 atom stereocenters. The van der Waals surface area contributed by atoms with E-state index >= 15 is 0 Å². The van der Waals surface area contributed by atoms with E-state index in [0.717, 1.165) is 0 Å². The molecule has 2 rings (SSSR count). The van der Waals surface area contributed by atoms with Crippen molar-refractivity contribution in [2.45, 2.75) is 19.6 Å². The predicted molar refractivity (Wildman–Crippen MR) is 76.6 cm³/mol. The van der Waals surface area contributed by atoms with Gasteiger partial charge in [-0.25, -0.2) is 4.39 Å². The quantitative estimate of drug-likeness (QED) is 0.664. The molecule has 0 saturated heterocycles. The third-order valence-electron chi connectivity index (χ3n) is 2.96. The summed E-state index contributed by atoms with van der Waals surface area (Å²) in [4.78, 5) is 23.4. The lowest BCUT2D eigenvalue weighted by atomic mass is 10.2. The average Bonchev–Trinajstić information content (AvgIpc) is 2.95. The van der Waals surface area contributed by atoms with Gasteiger partial charge in [-0.3, -0.25) is 14.3 Å². The first kappa shape index (κ1) is 17.4. The van der Waals surface area contributed by atoms with E-state index in [1.807, 2.05) is 12.2 Å². The van der Waals surface area contributed by atoms with Crippen LogP contribution in [0.4, 0.5) is 28.9 Å². The van der Waals surface area contributed by atoms with Gasteiger partial charge in [-0.15, -0.1) is 0 Å². The molecular weight excluding hydrogens is 332 g/mol. The van der Waals surface area contributed by atoms with Crippen LogP contribution in [0.3, 0.4) is 0 Å². The van der Waals surface area contributed by atoms with Gasteiger partial charge in [-0.05, 0) is 25.1 Å². The van der Waals surface area contributed by atoms with Gasteiger partial charge in [0.1, 0.15) is 5.82 Å². The Hall–Kier alpha value is -2.91. The highest BCUT2D eigenvalue weighted by Gasteiger charge is 2.31. The molecule has 1 heterocycles. The summed E-state index contributed by atoms with van der Waals surface area (Å²) in [6.45, 7) is 2.35. The van der Waals surface area contributed by atoms with Gasteiger partial charge in [0.25, 0.3) is 0 Å². The smallest absolute Gasteiger partial charge is 0.315 e. The van der Waals surface area contributed by atoms with Crippen LogP contribution in [-0.2, 0) is 22.3 Å². The average molecular weight is 344 g/mol. The van der Waals surface area contributed by atoms with Crippen LogP contribution < -0.4 is 10.6 Å². The van der Waals surface area contributed by atoms with Crippen molar-refractivity contribution in [1.29, 1.82) is 0 Å². The number of halogens is 4. The molecule has 2 N–H and O–H groups in total. The number of alkyl halides is 3. The zero-order valence-corrected chi connectivity index (χ0v) is 12.3. The first-order valence-electron chi connectivity index (χ1n) is 6.72. The molecule has 0 saturated carbocycles. The Morgan fingerprint density at radius 1 is 1.21 bits per heavy atom. The lowest BCUT2D eigenvalue weighted by Gasteiger charge is -2.10. The lowest BCUT2D eigenvalue weighted by molar-refractivity contribution is -0.137. The van der Waals surface area contributed by atoms with E-state index in [1.54, 1.807) is 0 Å². The van der Waals surface area contributed by atoms with E-state index in [1.165, 1.54) is 17.1 Å². The van der Waals surface area contributed by atoms with Gasteiger partial charge in [0, 0.05) is 12.7 Å². The minimum Gasteiger partial charge on any atom is -0.315 e. The molecule has 128 valence electrons. The summed E-state index contributed by atoms with van der Waals surface area (Å²) in [6, 6.07) is 1.50. The summed E-state index contributed by atoms with van der Waals surface area (Å²) in [6.07, 6.45) is -1.96. The number of carbonyl (C=O) groups excluding carboxylic acids is 2. The summed E-state index contributed by atoms with van der Waals surface area (Å²) in [7, 11) is 0. The number of anilines is 2. The predicted octanol–water partition coefficient (Wildman–Crippen LogP) is 2.64. The maximum absolute atomic E-state index is 13.5. The number of nitrogens with one attached hydrogen (secondary N) is 2. The highest BCUT2D eigenvalue weighted by Crippen LogP contribution is 2.31. The molecule has 6 nitrogen and oxygen atoms in total. The molecule has 0 aliphatic heterocycles. The highest BCUT2D eigenvalue weighted by atomic mass is 19.4. The zero-order valence-electron chi connectivity index (χ0n) is 12.3. The molecule has 10 heteroatoms. The van der Waals surface area contributed by atoms with E-state index in [0.29, 0.717) is 24.7 Å². The minimum atomic E-state index is -4.70. The number of amides is 2. The zero-order chi connectivity index (χ0) is 17.9. The van der Waals surface area contributed by atoms with Gasteiger partial charge in [0.2, 0.25) is 0 Å². The van der Waals surface area contributed by atoms with Gasteiger partial charge >= 0.3 is 18.0 Å². The van der Waals surface area contributed by atoms with Crippen molar-refractivity contribution < 1.29 is 27.2 Å². The second-order valence-electron chi connectivity index (χ2n) is 4.69. The van der Waals surface area contributed by atoms with Crippen LogP contribution in [0.1, 0.15) is 12.5 Å². The molecule has 0 radical (unpaired) electrons. The van der Waals surface area contributed by atoms with Crippen LogP contribution in [0, 0.1) is 5.82 Å². The fourth-order valence-electron chi connectivity index (χ4n) is 1.77. The third-order valence-corrected chi connectivity index (χ3v) is 2.96. The number of hydrogen-bond acceptors (Lipinski definition) is 3. The van der Waals surface area contributed by atoms with Crippen molar-refractivity contribution in [1.82, 2.24) is 9.78 Å². The van der Waals surface area contributed by atoms with Crippen molar-refractivity contribution in [3.05, 3.63) is 42.0 Å². The van der Waals surface area contributed by atoms with Crippen LogP contribution in [0.15, 0.2) is 30.6 Å². The van der Waals surface area contributed by atoms with Crippen molar-refractivity contribution >= 4 is 23.2 Å². The summed E-state index contributed by atoms with van der Waals surface area (Å²) < 4.78 is 52.8. The van der Waals surface area contributed by atoms with E-state index in [2.05, 4.69) is 10.4 Å². The fraction of sp³-hybridized carbons (Fsp3) is 0.214. The largest absolute Gasteiger partial charge is 0.416 e. The van der Waals surface area contributed by atoms with E-state index in [9.17, 15) is 27.2 Å². The Labute approximate surface area is 133 Å². The van der Waals surface area contributed by atoms with Gasteiger partial charge in [-0.1, -0.05) is 0 Å². The van der Waals surface area contributed by atoms with Crippen LogP contribution in [-0.4, -0.2) is 21.6 Å². The number of aryl methyl sites for hydroxylation is 1. The van der Waals surface area contributed by atoms with Gasteiger partial charge in [0.05, 0.1) is 23.1 Å². The number of hydrogen-bond donors (Lipinski definition) is 2. The van der Waals surface area contributed by atoms with Crippen LogP contribution >= 0.6 is 0 Å². The summed E-state index contributed by atoms with van der Waals surface area (Å²) in [5, 5.41) is 7.88. The van der Waals surface area contributed by atoms with Crippen molar-refractivity contribution in [3.8, 4) is 0 Å². The fourth-order valence-corrected chi connectivity index (χ4v) is 1.77. The lowest BCUT2D eigenvalue weighted by Crippen LogP contribution is -2.29. The molecular formula is C14H12F4N4O2. The molecule has 2 aromatic rings. The number of nitrogens with zero attached hydrogens (tertiary/aromatic N) is 2. The van der Waals surface area contributed by atoms with Crippen molar-refractivity contribution in [2.24, 2.45) is 0 Å². The Kier molecular flexibility index (Phi) is 4.86. The SMILES string of the molecule is CCn1cc(NC(=O)C(=O)Nc2cc(C(F)(F)F)ccc2F)cn1. The summed E-state index contributed by atoms with van der Waals surface area (Å²) in [5.41, 5.74) is -1.67. The summed E-state index contributed by atoms with van der Waals surface area (Å²) >= 11 is 0. The molecule has 1 aromatic carbocycles. The second kappa shape index (κ2) is 6.69. The number of benzene rings is 1. The Morgan fingerprint density at radius 3 is 2.46 bits per heavy atom. The van der Waals surface area contributed by atoms with Crippen molar-refractivity contribution in [2.75, 3.05) is 10.6 Å². The Morgan fingerprint density at radius 2 is 1.88 bits per heavy atom. The molecule has 0 bridgehead atoms. The maximum Gasteiger partial charge on any atom is 0.416 e. The third kappa shape index (κ3) is 4.09. The number of aromatic nitrogens is 2. The molecule has 0 aliphatic rings. The van der Waals surface area contributed by atoms with Crippen LogP contribution in [0.2, 0.25) is 0 Å². The van der Waals surface area contributed by atoms with Crippen LogP contribution in [0.25, 0.3) is 0 Å². The number of carbonyl (C=O) groups is 2. The maximum atomic E-state index is 13.5. The van der Waals surface area contributed by atoms with Crippen LogP contribution in [0.5, 0.6) is 0 Å². The highest BCUT2D eigenvalue weighted by molar-refractivity contribution is 6.43. The normalized spacial score (nSPS) is 11.2. The van der Waals surface area contributed by atoms with E-state index in [-0.39, 0.29) is 5.69 Å². The molecule has 2 amide bonds.